The van der Waals surface area contributed by atoms with Gasteiger partial charge in [0.25, 0.3) is 0 Å². The third kappa shape index (κ3) is 3.85. The lowest BCUT2D eigenvalue weighted by Gasteiger charge is -2.18. The van der Waals surface area contributed by atoms with Gasteiger partial charge in [0.05, 0.1) is 27.6 Å². The van der Waals surface area contributed by atoms with Crippen molar-refractivity contribution in [1.29, 1.82) is 0 Å². The molecule has 5 heteroatoms. The van der Waals surface area contributed by atoms with Gasteiger partial charge in [-0.05, 0) is 76.9 Å². The van der Waals surface area contributed by atoms with Crippen molar-refractivity contribution >= 4 is 92.7 Å². The number of hydrogen-bond donors (Lipinski definition) is 0. The van der Waals surface area contributed by atoms with Gasteiger partial charge in [0.2, 0.25) is 0 Å². The normalized spacial score (nSPS) is 14.6. The van der Waals surface area contributed by atoms with E-state index in [1.165, 1.54) is 81.9 Å². The van der Waals surface area contributed by atoms with Crippen LogP contribution in [0.1, 0.15) is 29.3 Å². The molecule has 1 unspecified atom stereocenters. The maximum atomic E-state index is 6.71. The van der Waals surface area contributed by atoms with Crippen LogP contribution >= 0.6 is 0 Å². The summed E-state index contributed by atoms with van der Waals surface area (Å²) < 4.78 is 11.5. The monoisotopic (exact) mass is 740 g/mol. The second-order valence-electron chi connectivity index (χ2n) is 15.9. The molecule has 13 aromatic rings. The summed E-state index contributed by atoms with van der Waals surface area (Å²) in [5, 5.41) is 11.2. The quantitative estimate of drug-likeness (QED) is 0.177. The topological polar surface area (TPSA) is 48.3 Å². The van der Waals surface area contributed by atoms with Gasteiger partial charge in [0.1, 0.15) is 16.9 Å². The van der Waals surface area contributed by atoms with E-state index in [1.54, 1.807) is 0 Å². The van der Waals surface area contributed by atoms with Crippen LogP contribution in [0.5, 0.6) is 0 Å². The van der Waals surface area contributed by atoms with Gasteiger partial charge in [-0.25, -0.2) is 9.97 Å². The molecule has 0 fully saturated rings. The Labute approximate surface area is 331 Å². The molecule has 5 nitrogen and oxygen atoms in total. The van der Waals surface area contributed by atoms with E-state index in [0.717, 1.165) is 52.0 Å². The fourth-order valence-corrected chi connectivity index (χ4v) is 10.7. The highest BCUT2D eigenvalue weighted by molar-refractivity contribution is 6.31. The Morgan fingerprint density at radius 1 is 0.534 bits per heavy atom. The first-order valence-corrected chi connectivity index (χ1v) is 20.2. The Kier molecular flexibility index (Phi) is 5.86. The zero-order chi connectivity index (χ0) is 37.6. The lowest BCUT2D eigenvalue weighted by atomic mass is 9.88. The Morgan fingerprint density at radius 2 is 1.19 bits per heavy atom. The summed E-state index contributed by atoms with van der Waals surface area (Å²) in [7, 11) is 0. The van der Waals surface area contributed by atoms with Crippen molar-refractivity contribution < 1.29 is 4.42 Å². The summed E-state index contributed by atoms with van der Waals surface area (Å²) in [6.07, 6.45) is 1.75. The van der Waals surface area contributed by atoms with Gasteiger partial charge < -0.3 is 8.82 Å². The largest absolute Gasteiger partial charge is 0.450 e. The highest BCUT2D eigenvalue weighted by Gasteiger charge is 2.32. The maximum Gasteiger partial charge on any atom is 0.197 e. The molecule has 0 N–H and O–H groups in total. The van der Waals surface area contributed by atoms with Gasteiger partial charge in [-0.2, -0.15) is 0 Å². The highest BCUT2D eigenvalue weighted by Crippen LogP contribution is 2.51. The average molecular weight is 741 g/mol. The van der Waals surface area contributed by atoms with Gasteiger partial charge in [-0.1, -0.05) is 127 Å². The zero-order valence-corrected chi connectivity index (χ0v) is 31.3. The summed E-state index contributed by atoms with van der Waals surface area (Å²) >= 11 is 0. The van der Waals surface area contributed by atoms with Crippen molar-refractivity contribution in [2.75, 3.05) is 0 Å². The molecule has 0 radical (unpaired) electrons. The van der Waals surface area contributed by atoms with Gasteiger partial charge in [0.15, 0.2) is 11.4 Å². The number of hydrogen-bond acceptors (Lipinski definition) is 3. The van der Waals surface area contributed by atoms with Crippen molar-refractivity contribution in [3.05, 3.63) is 181 Å². The molecule has 0 amide bonds. The standard InChI is InChI=1S/C53H32N4O/c1-2-14-32-30(13-1)25-28-40-47-46-31(29-41-36-18-7-11-23-44(36)57(49(32)40)50(41)47)26-27-38(33-15-3-4-19-37(33)46)52-54-48-39-20-8-12-24-45(39)58-51(48)53(55-52)56-42-21-9-5-16-34(42)35-17-6-10-22-43(35)56/h1-25,28-29,38H,26-27H2. The molecule has 1 atom stereocenters. The minimum atomic E-state index is -0.0589. The third-order valence-electron chi connectivity index (χ3n) is 13.1. The number of aryl methyl sites for hydroxylation is 1. The van der Waals surface area contributed by atoms with Crippen LogP contribution in [0, 0.1) is 0 Å². The Hall–Kier alpha value is -7.50. The molecule has 0 saturated heterocycles. The molecule has 5 heterocycles. The summed E-state index contributed by atoms with van der Waals surface area (Å²) in [5.41, 5.74) is 13.6. The lowest BCUT2D eigenvalue weighted by Crippen LogP contribution is -2.10. The van der Waals surface area contributed by atoms with Crippen LogP contribution < -0.4 is 0 Å². The first-order chi connectivity index (χ1) is 28.8. The molecule has 8 aromatic carbocycles. The van der Waals surface area contributed by atoms with Crippen LogP contribution in [0.25, 0.3) is 110 Å². The molecule has 14 rings (SSSR count). The predicted molar refractivity (Wildman–Crippen MR) is 238 cm³/mol. The number of fused-ring (bicyclic) bond motifs is 18. The summed E-state index contributed by atoms with van der Waals surface area (Å²) in [6.45, 7) is 0. The number of para-hydroxylation sites is 4. The van der Waals surface area contributed by atoms with Crippen LogP contribution in [0.15, 0.2) is 168 Å². The van der Waals surface area contributed by atoms with Crippen LogP contribution in [0.2, 0.25) is 0 Å². The number of benzene rings is 8. The molecule has 1 aliphatic carbocycles. The molecule has 0 saturated carbocycles. The fourth-order valence-electron chi connectivity index (χ4n) is 10.7. The van der Waals surface area contributed by atoms with Crippen LogP contribution in [-0.2, 0) is 6.42 Å². The van der Waals surface area contributed by atoms with Crippen molar-refractivity contribution in [1.82, 2.24) is 18.9 Å². The second kappa shape index (κ2) is 11.1. The predicted octanol–water partition coefficient (Wildman–Crippen LogP) is 13.5. The molecular weight excluding hydrogens is 709 g/mol. The number of aromatic nitrogens is 4. The van der Waals surface area contributed by atoms with Gasteiger partial charge in [0, 0.05) is 49.0 Å². The number of nitrogens with zero attached hydrogens (tertiary/aromatic N) is 4. The fraction of sp³-hybridized carbons (Fsp3) is 0.0566. The van der Waals surface area contributed by atoms with E-state index < -0.39 is 0 Å². The Balaban J connectivity index is 1.08. The third-order valence-corrected chi connectivity index (χ3v) is 13.1. The van der Waals surface area contributed by atoms with E-state index in [-0.39, 0.29) is 5.92 Å². The average Bonchev–Trinajstić information content (AvgIpc) is 3.99. The van der Waals surface area contributed by atoms with Gasteiger partial charge >= 0.3 is 0 Å². The first-order valence-electron chi connectivity index (χ1n) is 20.2. The van der Waals surface area contributed by atoms with Gasteiger partial charge in [-0.3, -0.25) is 4.57 Å². The smallest absolute Gasteiger partial charge is 0.197 e. The van der Waals surface area contributed by atoms with Crippen LogP contribution in [0.3, 0.4) is 0 Å². The first kappa shape index (κ1) is 30.7. The number of rotatable bonds is 2. The van der Waals surface area contributed by atoms with Gasteiger partial charge in [-0.15, -0.1) is 0 Å². The summed E-state index contributed by atoms with van der Waals surface area (Å²) in [4.78, 5) is 11.1. The SMILES string of the molecule is c1ccc2c(c1)-c1c(cc3c4ccccc4n4c5c6ccccc6ccc5c1c34)CCC2c1nc(-n2c3ccccc3c3ccccc32)c2oc3ccccc3c2n1. The minimum Gasteiger partial charge on any atom is -0.450 e. The molecular formula is C53H32N4O. The highest BCUT2D eigenvalue weighted by atomic mass is 16.3. The van der Waals surface area contributed by atoms with Crippen molar-refractivity contribution in [3.63, 3.8) is 0 Å². The zero-order valence-electron chi connectivity index (χ0n) is 31.3. The van der Waals surface area contributed by atoms with Crippen molar-refractivity contribution in [2.24, 2.45) is 0 Å². The Bertz CT molecular complexity index is 3830. The van der Waals surface area contributed by atoms with E-state index in [1.807, 2.05) is 12.1 Å². The minimum absolute atomic E-state index is 0.0589. The van der Waals surface area contributed by atoms with E-state index in [0.29, 0.717) is 5.58 Å². The number of furan rings is 1. The lowest BCUT2D eigenvalue weighted by molar-refractivity contribution is 0.650. The van der Waals surface area contributed by atoms with E-state index >= 15 is 0 Å². The molecule has 0 spiro atoms. The molecule has 58 heavy (non-hydrogen) atoms. The Morgan fingerprint density at radius 3 is 2.00 bits per heavy atom. The van der Waals surface area contributed by atoms with E-state index in [9.17, 15) is 0 Å². The van der Waals surface area contributed by atoms with Crippen molar-refractivity contribution in [3.8, 4) is 16.9 Å². The van der Waals surface area contributed by atoms with E-state index in [2.05, 4.69) is 161 Å². The van der Waals surface area contributed by atoms with Crippen molar-refractivity contribution in [2.45, 2.75) is 18.8 Å². The summed E-state index contributed by atoms with van der Waals surface area (Å²) in [5.74, 6) is 1.54. The van der Waals surface area contributed by atoms with Crippen LogP contribution in [0.4, 0.5) is 0 Å². The molecule has 0 aliphatic heterocycles. The second-order valence-corrected chi connectivity index (χ2v) is 15.9. The molecule has 5 aromatic heterocycles. The summed E-state index contributed by atoms with van der Waals surface area (Å²) in [6, 6.07) is 59.4. The maximum absolute atomic E-state index is 6.71. The molecule has 1 aliphatic rings. The van der Waals surface area contributed by atoms with E-state index in [4.69, 9.17) is 14.4 Å². The molecule has 0 bridgehead atoms. The molecule has 270 valence electrons. The van der Waals surface area contributed by atoms with Crippen LogP contribution in [-0.4, -0.2) is 18.9 Å².